The van der Waals surface area contributed by atoms with E-state index in [1.807, 2.05) is 17.0 Å². The van der Waals surface area contributed by atoms with E-state index in [1.165, 1.54) is 10.8 Å². The van der Waals surface area contributed by atoms with Gasteiger partial charge in [-0.3, -0.25) is 4.79 Å². The molecule has 0 spiro atoms. The van der Waals surface area contributed by atoms with Gasteiger partial charge in [-0.2, -0.15) is 0 Å². The van der Waals surface area contributed by atoms with Crippen LogP contribution in [0.4, 0.5) is 0 Å². The number of hydrogen-bond donors (Lipinski definition) is 0. The average Bonchev–Trinajstić information content (AvgIpc) is 2.48. The first-order valence-corrected chi connectivity index (χ1v) is 8.03. The molecule has 0 radical (unpaired) electrons. The van der Waals surface area contributed by atoms with Crippen LogP contribution in [-0.2, 0) is 11.2 Å². The third-order valence-electron chi connectivity index (χ3n) is 3.95. The summed E-state index contributed by atoms with van der Waals surface area (Å²) >= 11 is 3.62. The molecule has 0 atom stereocenters. The number of likely N-dealkylation sites (tertiary alicyclic amines) is 1. The molecule has 1 amide bonds. The average molecular weight is 332 g/mol. The Bertz CT molecular complexity index is 617. The molecule has 20 heavy (non-hydrogen) atoms. The minimum Gasteiger partial charge on any atom is -0.342 e. The van der Waals surface area contributed by atoms with Gasteiger partial charge in [0.2, 0.25) is 5.91 Å². The highest BCUT2D eigenvalue weighted by atomic mass is 79.9. The summed E-state index contributed by atoms with van der Waals surface area (Å²) in [4.78, 5) is 14.9. The normalized spacial score (nSPS) is 16.6. The van der Waals surface area contributed by atoms with Gasteiger partial charge in [0, 0.05) is 17.9 Å². The van der Waals surface area contributed by atoms with Crippen molar-refractivity contribution in [2.24, 2.45) is 0 Å². The van der Waals surface area contributed by atoms with Crippen molar-refractivity contribution in [1.82, 2.24) is 4.90 Å². The lowest BCUT2D eigenvalue weighted by Crippen LogP contribution is -2.39. The van der Waals surface area contributed by atoms with Crippen molar-refractivity contribution in [2.75, 3.05) is 13.1 Å². The Kier molecular flexibility index (Phi) is 4.06. The smallest absolute Gasteiger partial charge is 0.226 e. The lowest BCUT2D eigenvalue weighted by Gasteiger charge is -2.29. The summed E-state index contributed by atoms with van der Waals surface area (Å²) in [5, 5.41) is 2.43. The van der Waals surface area contributed by atoms with E-state index in [2.05, 4.69) is 46.3 Å². The van der Waals surface area contributed by atoms with Crippen molar-refractivity contribution in [3.63, 3.8) is 0 Å². The zero-order chi connectivity index (χ0) is 13.9. The van der Waals surface area contributed by atoms with Crippen LogP contribution >= 0.6 is 15.9 Å². The van der Waals surface area contributed by atoms with Crippen molar-refractivity contribution in [3.05, 3.63) is 48.0 Å². The number of rotatable bonds is 2. The second kappa shape index (κ2) is 5.96. The van der Waals surface area contributed by atoms with Crippen LogP contribution in [0.1, 0.15) is 18.4 Å². The van der Waals surface area contributed by atoms with Gasteiger partial charge in [0.15, 0.2) is 0 Å². The van der Waals surface area contributed by atoms with Crippen LogP contribution in [-0.4, -0.2) is 28.7 Å². The number of nitrogens with zero attached hydrogens (tertiary/aromatic N) is 1. The molecule has 1 saturated heterocycles. The molecule has 0 aromatic heterocycles. The van der Waals surface area contributed by atoms with E-state index in [9.17, 15) is 4.79 Å². The number of halogens is 1. The zero-order valence-corrected chi connectivity index (χ0v) is 13.0. The molecule has 2 aromatic carbocycles. The number of carbonyl (C=O) groups is 1. The molecule has 1 aliphatic rings. The SMILES string of the molecule is O=C(Cc1ccc2ccccc2c1)N1CCC(Br)CC1. The maximum absolute atomic E-state index is 12.3. The molecule has 1 aliphatic heterocycles. The van der Waals surface area contributed by atoms with Crippen LogP contribution < -0.4 is 0 Å². The Balaban J connectivity index is 1.71. The first kappa shape index (κ1) is 13.6. The first-order valence-electron chi connectivity index (χ1n) is 7.12. The van der Waals surface area contributed by atoms with Gasteiger partial charge in [-0.1, -0.05) is 58.4 Å². The summed E-state index contributed by atoms with van der Waals surface area (Å²) in [6.07, 6.45) is 2.63. The van der Waals surface area contributed by atoms with Crippen molar-refractivity contribution in [2.45, 2.75) is 24.1 Å². The van der Waals surface area contributed by atoms with Gasteiger partial charge in [0.05, 0.1) is 6.42 Å². The second-order valence-corrected chi connectivity index (χ2v) is 6.71. The molecule has 1 heterocycles. The Morgan fingerprint density at radius 1 is 1.10 bits per heavy atom. The van der Waals surface area contributed by atoms with Gasteiger partial charge in [0.25, 0.3) is 0 Å². The molecular weight excluding hydrogens is 314 g/mol. The van der Waals surface area contributed by atoms with Gasteiger partial charge < -0.3 is 4.90 Å². The first-order chi connectivity index (χ1) is 9.72. The minimum atomic E-state index is 0.250. The summed E-state index contributed by atoms with van der Waals surface area (Å²) in [6.45, 7) is 1.75. The topological polar surface area (TPSA) is 20.3 Å². The fourth-order valence-corrected chi connectivity index (χ4v) is 3.14. The van der Waals surface area contributed by atoms with Crippen LogP contribution in [0.3, 0.4) is 0 Å². The molecule has 0 saturated carbocycles. The summed E-state index contributed by atoms with van der Waals surface area (Å²) in [5.74, 6) is 0.250. The maximum Gasteiger partial charge on any atom is 0.226 e. The largest absolute Gasteiger partial charge is 0.342 e. The summed E-state index contributed by atoms with van der Waals surface area (Å²) < 4.78 is 0. The Labute approximate surface area is 127 Å². The van der Waals surface area contributed by atoms with Crippen LogP contribution in [0.5, 0.6) is 0 Å². The van der Waals surface area contributed by atoms with Crippen LogP contribution in [0.2, 0.25) is 0 Å². The highest BCUT2D eigenvalue weighted by Crippen LogP contribution is 2.20. The standard InChI is InChI=1S/C17H18BrNO/c18-16-7-9-19(10-8-16)17(20)12-13-5-6-14-3-1-2-4-15(14)11-13/h1-6,11,16H,7-10,12H2. The molecule has 3 heteroatoms. The monoisotopic (exact) mass is 331 g/mol. The Morgan fingerprint density at radius 3 is 2.55 bits per heavy atom. The van der Waals surface area contributed by atoms with E-state index in [-0.39, 0.29) is 5.91 Å². The number of benzene rings is 2. The van der Waals surface area contributed by atoms with E-state index in [0.29, 0.717) is 11.2 Å². The molecule has 2 nitrogen and oxygen atoms in total. The van der Waals surface area contributed by atoms with E-state index in [4.69, 9.17) is 0 Å². The van der Waals surface area contributed by atoms with E-state index >= 15 is 0 Å². The lowest BCUT2D eigenvalue weighted by molar-refractivity contribution is -0.131. The molecular formula is C17H18BrNO. The number of piperidine rings is 1. The highest BCUT2D eigenvalue weighted by molar-refractivity contribution is 9.09. The van der Waals surface area contributed by atoms with E-state index in [0.717, 1.165) is 31.5 Å². The lowest BCUT2D eigenvalue weighted by atomic mass is 10.0. The Morgan fingerprint density at radius 2 is 1.80 bits per heavy atom. The van der Waals surface area contributed by atoms with E-state index in [1.54, 1.807) is 0 Å². The highest BCUT2D eigenvalue weighted by Gasteiger charge is 2.20. The molecule has 2 aromatic rings. The number of amides is 1. The number of fused-ring (bicyclic) bond motifs is 1. The maximum atomic E-state index is 12.3. The van der Waals surface area contributed by atoms with Gasteiger partial charge in [-0.25, -0.2) is 0 Å². The van der Waals surface area contributed by atoms with Gasteiger partial charge in [0.1, 0.15) is 0 Å². The van der Waals surface area contributed by atoms with Crippen molar-refractivity contribution < 1.29 is 4.79 Å². The van der Waals surface area contributed by atoms with Gasteiger partial charge >= 0.3 is 0 Å². The van der Waals surface area contributed by atoms with Crippen LogP contribution in [0.25, 0.3) is 10.8 Å². The molecule has 3 rings (SSSR count). The summed E-state index contributed by atoms with van der Waals surface area (Å²) in [7, 11) is 0. The minimum absolute atomic E-state index is 0.250. The quantitative estimate of drug-likeness (QED) is 0.767. The molecule has 0 aliphatic carbocycles. The summed E-state index contributed by atoms with van der Waals surface area (Å²) in [5.41, 5.74) is 1.11. The zero-order valence-electron chi connectivity index (χ0n) is 11.4. The third-order valence-corrected chi connectivity index (χ3v) is 4.86. The number of carbonyl (C=O) groups excluding carboxylic acids is 1. The molecule has 0 unspecified atom stereocenters. The fourth-order valence-electron chi connectivity index (χ4n) is 2.73. The van der Waals surface area contributed by atoms with Gasteiger partial charge in [-0.15, -0.1) is 0 Å². The predicted octanol–water partition coefficient (Wildman–Crippen LogP) is 3.77. The van der Waals surface area contributed by atoms with Crippen LogP contribution in [0, 0.1) is 0 Å². The fraction of sp³-hybridized carbons (Fsp3) is 0.353. The molecule has 1 fully saturated rings. The van der Waals surface area contributed by atoms with Gasteiger partial charge in [-0.05, 0) is 29.2 Å². The van der Waals surface area contributed by atoms with Crippen molar-refractivity contribution >= 4 is 32.6 Å². The predicted molar refractivity (Wildman–Crippen MR) is 86.2 cm³/mol. The molecule has 0 bridgehead atoms. The Hall–Kier alpha value is -1.35. The van der Waals surface area contributed by atoms with E-state index < -0.39 is 0 Å². The van der Waals surface area contributed by atoms with Crippen molar-refractivity contribution in [3.8, 4) is 0 Å². The number of alkyl halides is 1. The molecule has 0 N–H and O–H groups in total. The second-order valence-electron chi connectivity index (χ2n) is 5.41. The van der Waals surface area contributed by atoms with Crippen molar-refractivity contribution in [1.29, 1.82) is 0 Å². The number of hydrogen-bond acceptors (Lipinski definition) is 1. The molecule has 104 valence electrons. The summed E-state index contributed by atoms with van der Waals surface area (Å²) in [6, 6.07) is 14.6. The third kappa shape index (κ3) is 3.04. The van der Waals surface area contributed by atoms with Crippen LogP contribution in [0.15, 0.2) is 42.5 Å².